The molecule has 0 radical (unpaired) electrons. The molecule has 2 amide bonds. The van der Waals surface area contributed by atoms with E-state index in [1.165, 1.54) is 0 Å². The molecule has 0 spiro atoms. The Labute approximate surface area is 150 Å². The number of carbonyl (C=O) groups excluding carboxylic acids is 2. The number of hydrogen-bond acceptors (Lipinski definition) is 3. The molecule has 1 N–H and O–H groups in total. The van der Waals surface area contributed by atoms with Gasteiger partial charge in [-0.1, -0.05) is 6.07 Å². The van der Waals surface area contributed by atoms with Crippen LogP contribution >= 0.6 is 0 Å². The molecule has 2 aromatic carbocycles. The van der Waals surface area contributed by atoms with Gasteiger partial charge in [0.2, 0.25) is 0 Å². The Hall–Kier alpha value is -2.96. The third-order valence-electron chi connectivity index (χ3n) is 3.70. The van der Waals surface area contributed by atoms with E-state index in [-0.39, 0.29) is 11.7 Å². The van der Waals surface area contributed by atoms with Crippen molar-refractivity contribution in [2.45, 2.75) is 13.8 Å². The molecule has 0 saturated heterocycles. The van der Waals surface area contributed by atoms with Crippen molar-refractivity contribution in [1.29, 1.82) is 0 Å². The largest absolute Gasteiger partial charge is 0.481 e. The normalized spacial score (nSPS) is 10.3. The average molecular weight is 362 g/mol. The highest BCUT2D eigenvalue weighted by Gasteiger charge is 2.14. The fourth-order valence-corrected chi connectivity index (χ4v) is 2.36. The number of halogens is 2. The summed E-state index contributed by atoms with van der Waals surface area (Å²) < 4.78 is 31.4. The number of amides is 2. The Morgan fingerprint density at radius 2 is 1.81 bits per heavy atom. The van der Waals surface area contributed by atoms with Crippen molar-refractivity contribution in [2.24, 2.45) is 0 Å². The SMILES string of the molecule is CCN(CC)C(=O)c1cccc(NC(=O)COc2ccc(F)cc2F)c1. The Bertz CT molecular complexity index is 792. The lowest BCUT2D eigenvalue weighted by Crippen LogP contribution is -2.30. The van der Waals surface area contributed by atoms with Crippen LogP contribution in [0.25, 0.3) is 0 Å². The van der Waals surface area contributed by atoms with Crippen molar-refractivity contribution < 1.29 is 23.1 Å². The molecule has 2 aromatic rings. The standard InChI is InChI=1S/C19H20F2N2O3/c1-3-23(4-2)19(25)13-6-5-7-15(10-13)22-18(24)12-26-17-9-8-14(20)11-16(17)21/h5-11H,3-4,12H2,1-2H3,(H,22,24). The van der Waals surface area contributed by atoms with E-state index in [2.05, 4.69) is 5.32 Å². The molecular formula is C19H20F2N2O3. The second kappa shape index (κ2) is 8.94. The Morgan fingerprint density at radius 3 is 2.46 bits per heavy atom. The minimum atomic E-state index is -0.885. The Balaban J connectivity index is 1.98. The second-order valence-corrected chi connectivity index (χ2v) is 5.47. The number of benzene rings is 2. The van der Waals surface area contributed by atoms with Gasteiger partial charge >= 0.3 is 0 Å². The summed E-state index contributed by atoms with van der Waals surface area (Å²) in [6, 6.07) is 9.36. The van der Waals surface area contributed by atoms with E-state index in [4.69, 9.17) is 4.74 Å². The van der Waals surface area contributed by atoms with E-state index < -0.39 is 24.1 Å². The predicted molar refractivity (Wildman–Crippen MR) is 94.2 cm³/mol. The van der Waals surface area contributed by atoms with Crippen LogP contribution in [0, 0.1) is 11.6 Å². The zero-order valence-corrected chi connectivity index (χ0v) is 14.6. The molecular weight excluding hydrogens is 342 g/mol. The summed E-state index contributed by atoms with van der Waals surface area (Å²) in [5.74, 6) is -2.48. The fourth-order valence-electron chi connectivity index (χ4n) is 2.36. The first-order chi connectivity index (χ1) is 12.4. The van der Waals surface area contributed by atoms with Gasteiger partial charge in [-0.05, 0) is 44.2 Å². The van der Waals surface area contributed by atoms with Crippen molar-refractivity contribution in [1.82, 2.24) is 4.90 Å². The molecule has 7 heteroatoms. The second-order valence-electron chi connectivity index (χ2n) is 5.47. The van der Waals surface area contributed by atoms with E-state index in [9.17, 15) is 18.4 Å². The first-order valence-corrected chi connectivity index (χ1v) is 8.21. The van der Waals surface area contributed by atoms with Gasteiger partial charge in [-0.25, -0.2) is 8.78 Å². The van der Waals surface area contributed by atoms with Crippen LogP contribution in [0.1, 0.15) is 24.2 Å². The molecule has 138 valence electrons. The number of nitrogens with one attached hydrogen (secondary N) is 1. The summed E-state index contributed by atoms with van der Waals surface area (Å²) >= 11 is 0. The molecule has 0 aromatic heterocycles. The maximum absolute atomic E-state index is 13.5. The summed E-state index contributed by atoms with van der Waals surface area (Å²) in [5.41, 5.74) is 0.883. The van der Waals surface area contributed by atoms with Gasteiger partial charge in [0.05, 0.1) is 0 Å². The van der Waals surface area contributed by atoms with Crippen molar-refractivity contribution in [3.05, 3.63) is 59.7 Å². The molecule has 0 saturated carbocycles. The topological polar surface area (TPSA) is 58.6 Å². The monoisotopic (exact) mass is 362 g/mol. The lowest BCUT2D eigenvalue weighted by atomic mass is 10.1. The minimum absolute atomic E-state index is 0.129. The highest BCUT2D eigenvalue weighted by Crippen LogP contribution is 2.18. The molecule has 5 nitrogen and oxygen atoms in total. The smallest absolute Gasteiger partial charge is 0.262 e. The van der Waals surface area contributed by atoms with Gasteiger partial charge in [-0.15, -0.1) is 0 Å². The van der Waals surface area contributed by atoms with Crippen LogP contribution < -0.4 is 10.1 Å². The highest BCUT2D eigenvalue weighted by atomic mass is 19.1. The summed E-state index contributed by atoms with van der Waals surface area (Å²) in [6.45, 7) is 4.50. The third kappa shape index (κ3) is 5.02. The van der Waals surface area contributed by atoms with E-state index in [1.807, 2.05) is 13.8 Å². The lowest BCUT2D eigenvalue weighted by Gasteiger charge is -2.19. The van der Waals surface area contributed by atoms with E-state index in [0.29, 0.717) is 30.4 Å². The van der Waals surface area contributed by atoms with Crippen LogP contribution in [0.4, 0.5) is 14.5 Å². The van der Waals surface area contributed by atoms with Gasteiger partial charge in [0.15, 0.2) is 18.2 Å². The van der Waals surface area contributed by atoms with Crippen molar-refractivity contribution in [3.63, 3.8) is 0 Å². The Kier molecular flexibility index (Phi) is 6.66. The van der Waals surface area contributed by atoms with E-state index in [1.54, 1.807) is 29.2 Å². The van der Waals surface area contributed by atoms with Crippen LogP contribution in [0.5, 0.6) is 5.75 Å². The van der Waals surface area contributed by atoms with Crippen molar-refractivity contribution >= 4 is 17.5 Å². The van der Waals surface area contributed by atoms with Crippen LogP contribution in [0.15, 0.2) is 42.5 Å². The maximum atomic E-state index is 13.5. The van der Waals surface area contributed by atoms with Gasteiger partial charge < -0.3 is 15.0 Å². The number of hydrogen-bond donors (Lipinski definition) is 1. The summed E-state index contributed by atoms with van der Waals surface area (Å²) in [4.78, 5) is 26.0. The molecule has 0 aliphatic rings. The molecule has 0 bridgehead atoms. The number of carbonyl (C=O) groups is 2. The van der Waals surface area contributed by atoms with Gasteiger partial charge in [0.25, 0.3) is 11.8 Å². The quantitative estimate of drug-likeness (QED) is 0.821. The zero-order chi connectivity index (χ0) is 19.1. The van der Waals surface area contributed by atoms with Gasteiger partial charge in [0, 0.05) is 30.4 Å². The fraction of sp³-hybridized carbons (Fsp3) is 0.263. The average Bonchev–Trinajstić information content (AvgIpc) is 2.62. The van der Waals surface area contributed by atoms with Gasteiger partial charge in [-0.2, -0.15) is 0 Å². The molecule has 2 rings (SSSR count). The lowest BCUT2D eigenvalue weighted by molar-refractivity contribution is -0.118. The van der Waals surface area contributed by atoms with Crippen LogP contribution in [0.2, 0.25) is 0 Å². The van der Waals surface area contributed by atoms with Crippen LogP contribution in [-0.2, 0) is 4.79 Å². The number of nitrogens with zero attached hydrogens (tertiary/aromatic N) is 1. The molecule has 0 heterocycles. The number of anilines is 1. The number of ether oxygens (including phenoxy) is 1. The van der Waals surface area contributed by atoms with Gasteiger partial charge in [0.1, 0.15) is 5.82 Å². The molecule has 0 unspecified atom stereocenters. The van der Waals surface area contributed by atoms with Crippen molar-refractivity contribution in [3.8, 4) is 5.75 Å². The molecule has 0 fully saturated rings. The van der Waals surface area contributed by atoms with Gasteiger partial charge in [-0.3, -0.25) is 9.59 Å². The van der Waals surface area contributed by atoms with E-state index >= 15 is 0 Å². The van der Waals surface area contributed by atoms with Crippen LogP contribution in [0.3, 0.4) is 0 Å². The molecule has 0 atom stereocenters. The van der Waals surface area contributed by atoms with Crippen molar-refractivity contribution in [2.75, 3.05) is 25.0 Å². The summed E-state index contributed by atoms with van der Waals surface area (Å²) in [6.07, 6.45) is 0. The van der Waals surface area contributed by atoms with E-state index in [0.717, 1.165) is 12.1 Å². The summed E-state index contributed by atoms with van der Waals surface area (Å²) in [5, 5.41) is 2.58. The number of rotatable bonds is 7. The minimum Gasteiger partial charge on any atom is -0.481 e. The zero-order valence-electron chi connectivity index (χ0n) is 14.6. The highest BCUT2D eigenvalue weighted by molar-refractivity contribution is 5.97. The first kappa shape index (κ1) is 19.4. The predicted octanol–water partition coefficient (Wildman–Crippen LogP) is 3.46. The summed E-state index contributed by atoms with van der Waals surface area (Å²) in [7, 11) is 0. The molecule has 0 aliphatic heterocycles. The maximum Gasteiger partial charge on any atom is 0.262 e. The first-order valence-electron chi connectivity index (χ1n) is 8.21. The van der Waals surface area contributed by atoms with Crippen LogP contribution in [-0.4, -0.2) is 36.4 Å². The molecule has 26 heavy (non-hydrogen) atoms. The Morgan fingerprint density at radius 1 is 1.08 bits per heavy atom. The third-order valence-corrected chi connectivity index (χ3v) is 3.70. The molecule has 0 aliphatic carbocycles.